The van der Waals surface area contributed by atoms with E-state index in [0.29, 0.717) is 17.1 Å². The Bertz CT molecular complexity index is 681. The Morgan fingerprint density at radius 2 is 2.09 bits per heavy atom. The Morgan fingerprint density at radius 1 is 1.36 bits per heavy atom. The highest BCUT2D eigenvalue weighted by atomic mass is 79.9. The average molecular weight is 387 g/mol. The molecule has 1 atom stereocenters. The molecule has 116 valence electrons. The van der Waals surface area contributed by atoms with Crippen molar-refractivity contribution in [3.05, 3.63) is 57.8 Å². The highest BCUT2D eigenvalue weighted by Gasteiger charge is 2.20. The van der Waals surface area contributed by atoms with Crippen molar-refractivity contribution in [3.63, 3.8) is 0 Å². The molecule has 2 aromatic carbocycles. The van der Waals surface area contributed by atoms with Gasteiger partial charge in [-0.2, -0.15) is 0 Å². The molecule has 0 radical (unpaired) electrons. The maximum Gasteiger partial charge on any atom is 0.265 e. The molecule has 6 heteroatoms. The molecule has 0 spiro atoms. The standard InChI is InChI=1S/C16H14BrClFNO2/c1-2-14(22-15-6-4-3-5-13(15)19)16(21)20-10-7-8-11(17)12(18)9-10/h3-9,14H,2H2,1H3,(H,20,21)/t14-/m1/s1. The van der Waals surface area contributed by atoms with Crippen LogP contribution < -0.4 is 10.1 Å². The Balaban J connectivity index is 2.08. The van der Waals surface area contributed by atoms with E-state index in [1.165, 1.54) is 12.1 Å². The van der Waals surface area contributed by atoms with Gasteiger partial charge >= 0.3 is 0 Å². The molecule has 0 aliphatic rings. The van der Waals surface area contributed by atoms with Gasteiger partial charge in [0.1, 0.15) is 0 Å². The van der Waals surface area contributed by atoms with E-state index in [-0.39, 0.29) is 11.7 Å². The second-order valence-corrected chi connectivity index (χ2v) is 5.82. The number of hydrogen-bond acceptors (Lipinski definition) is 2. The summed E-state index contributed by atoms with van der Waals surface area (Å²) in [5.41, 5.74) is 0.550. The zero-order valence-electron chi connectivity index (χ0n) is 11.8. The highest BCUT2D eigenvalue weighted by molar-refractivity contribution is 9.10. The molecule has 0 heterocycles. The fraction of sp³-hybridized carbons (Fsp3) is 0.188. The summed E-state index contributed by atoms with van der Waals surface area (Å²) in [5.74, 6) is -0.803. The summed E-state index contributed by atoms with van der Waals surface area (Å²) in [4.78, 5) is 12.2. The van der Waals surface area contributed by atoms with Crippen LogP contribution in [0.5, 0.6) is 5.75 Å². The number of ether oxygens (including phenoxy) is 1. The number of amides is 1. The van der Waals surface area contributed by atoms with Gasteiger partial charge in [-0.3, -0.25) is 4.79 Å². The summed E-state index contributed by atoms with van der Waals surface area (Å²) >= 11 is 9.26. The summed E-state index contributed by atoms with van der Waals surface area (Å²) in [6.45, 7) is 1.79. The van der Waals surface area contributed by atoms with E-state index in [1.54, 1.807) is 37.3 Å². The molecule has 3 nitrogen and oxygen atoms in total. The molecular weight excluding hydrogens is 373 g/mol. The number of carbonyl (C=O) groups excluding carboxylic acids is 1. The fourth-order valence-corrected chi connectivity index (χ4v) is 2.24. The molecular formula is C16H14BrClFNO2. The van der Waals surface area contributed by atoms with Crippen LogP contribution in [0.25, 0.3) is 0 Å². The maximum atomic E-state index is 13.6. The SMILES string of the molecule is CC[C@@H](Oc1ccccc1F)C(=O)Nc1ccc(Br)c(Cl)c1. The van der Waals surface area contributed by atoms with E-state index in [0.717, 1.165) is 4.47 Å². The predicted molar refractivity (Wildman–Crippen MR) is 88.9 cm³/mol. The van der Waals surface area contributed by atoms with Crippen molar-refractivity contribution in [1.29, 1.82) is 0 Å². The number of rotatable bonds is 5. The molecule has 1 amide bonds. The minimum absolute atomic E-state index is 0.0540. The first-order valence-electron chi connectivity index (χ1n) is 6.68. The van der Waals surface area contributed by atoms with Crippen molar-refractivity contribution in [2.45, 2.75) is 19.4 Å². The predicted octanol–water partition coefficient (Wildman–Crippen LogP) is 5.04. The summed E-state index contributed by atoms with van der Waals surface area (Å²) < 4.78 is 19.8. The maximum absolute atomic E-state index is 13.6. The molecule has 0 bridgehead atoms. The second-order valence-electron chi connectivity index (χ2n) is 4.56. The smallest absolute Gasteiger partial charge is 0.265 e. The van der Waals surface area contributed by atoms with Crippen molar-refractivity contribution in [2.75, 3.05) is 5.32 Å². The monoisotopic (exact) mass is 385 g/mol. The largest absolute Gasteiger partial charge is 0.478 e. The number of benzene rings is 2. The van der Waals surface area contributed by atoms with E-state index >= 15 is 0 Å². The van der Waals surface area contributed by atoms with Gasteiger partial charge in [0.15, 0.2) is 17.7 Å². The van der Waals surface area contributed by atoms with Crippen LogP contribution in [0.4, 0.5) is 10.1 Å². The topological polar surface area (TPSA) is 38.3 Å². The van der Waals surface area contributed by atoms with Gasteiger partial charge in [0.2, 0.25) is 0 Å². The lowest BCUT2D eigenvalue weighted by atomic mass is 10.2. The number of para-hydroxylation sites is 1. The molecule has 2 rings (SSSR count). The van der Waals surface area contributed by atoms with Crippen molar-refractivity contribution < 1.29 is 13.9 Å². The Kier molecular flexibility index (Phi) is 5.80. The summed E-state index contributed by atoms with van der Waals surface area (Å²) in [6.07, 6.45) is -0.385. The van der Waals surface area contributed by atoms with Crippen molar-refractivity contribution in [3.8, 4) is 5.75 Å². The van der Waals surface area contributed by atoms with Gasteiger partial charge in [-0.1, -0.05) is 30.7 Å². The molecule has 0 aromatic heterocycles. The molecule has 0 aliphatic heterocycles. The lowest BCUT2D eigenvalue weighted by Crippen LogP contribution is -2.32. The third-order valence-corrected chi connectivity index (χ3v) is 4.19. The van der Waals surface area contributed by atoms with Gasteiger partial charge in [0.05, 0.1) is 5.02 Å². The first kappa shape index (κ1) is 16.8. The zero-order chi connectivity index (χ0) is 16.1. The first-order chi connectivity index (χ1) is 10.5. The molecule has 0 fully saturated rings. The van der Waals surface area contributed by atoms with E-state index in [1.807, 2.05) is 0 Å². The van der Waals surface area contributed by atoms with Gasteiger partial charge in [0, 0.05) is 10.2 Å². The molecule has 0 aliphatic carbocycles. The van der Waals surface area contributed by atoms with E-state index in [2.05, 4.69) is 21.2 Å². The number of nitrogens with one attached hydrogen (secondary N) is 1. The lowest BCUT2D eigenvalue weighted by Gasteiger charge is -2.17. The van der Waals surface area contributed by atoms with Crippen LogP contribution in [-0.2, 0) is 4.79 Å². The molecule has 22 heavy (non-hydrogen) atoms. The van der Waals surface area contributed by atoms with Gasteiger partial charge in [-0.25, -0.2) is 4.39 Å². The van der Waals surface area contributed by atoms with Crippen LogP contribution in [0.15, 0.2) is 46.9 Å². The Labute approximate surface area is 141 Å². The average Bonchev–Trinajstić information content (AvgIpc) is 2.50. The van der Waals surface area contributed by atoms with Crippen LogP contribution in [0.3, 0.4) is 0 Å². The second kappa shape index (κ2) is 7.61. The quantitative estimate of drug-likeness (QED) is 0.782. The Hall–Kier alpha value is -1.59. The first-order valence-corrected chi connectivity index (χ1v) is 7.85. The molecule has 0 saturated carbocycles. The normalized spacial score (nSPS) is 11.8. The summed E-state index contributed by atoms with van der Waals surface area (Å²) in [5, 5.41) is 3.20. The Morgan fingerprint density at radius 3 is 2.73 bits per heavy atom. The number of hydrogen-bond donors (Lipinski definition) is 1. The summed E-state index contributed by atoms with van der Waals surface area (Å²) in [7, 11) is 0. The van der Waals surface area contributed by atoms with Gasteiger partial charge in [-0.15, -0.1) is 0 Å². The van der Waals surface area contributed by atoms with Gasteiger partial charge in [0.25, 0.3) is 5.91 Å². The van der Waals surface area contributed by atoms with Crippen molar-refractivity contribution >= 4 is 39.1 Å². The molecule has 0 unspecified atom stereocenters. The van der Waals surface area contributed by atoms with E-state index in [9.17, 15) is 9.18 Å². The van der Waals surface area contributed by atoms with Crippen LogP contribution in [-0.4, -0.2) is 12.0 Å². The van der Waals surface area contributed by atoms with Gasteiger partial charge in [-0.05, 0) is 52.7 Å². The number of carbonyl (C=O) groups is 1. The van der Waals surface area contributed by atoms with E-state index < -0.39 is 11.9 Å². The minimum atomic E-state index is -0.792. The zero-order valence-corrected chi connectivity index (χ0v) is 14.1. The highest BCUT2D eigenvalue weighted by Crippen LogP contribution is 2.26. The van der Waals surface area contributed by atoms with Gasteiger partial charge < -0.3 is 10.1 Å². The van der Waals surface area contributed by atoms with Crippen LogP contribution in [0.2, 0.25) is 5.02 Å². The number of halogens is 3. The van der Waals surface area contributed by atoms with Crippen LogP contribution in [0, 0.1) is 5.82 Å². The minimum Gasteiger partial charge on any atom is -0.478 e. The summed E-state index contributed by atoms with van der Waals surface area (Å²) in [6, 6.07) is 11.1. The van der Waals surface area contributed by atoms with E-state index in [4.69, 9.17) is 16.3 Å². The number of anilines is 1. The van der Waals surface area contributed by atoms with Crippen molar-refractivity contribution in [1.82, 2.24) is 0 Å². The molecule has 1 N–H and O–H groups in total. The third-order valence-electron chi connectivity index (χ3n) is 2.96. The lowest BCUT2D eigenvalue weighted by molar-refractivity contribution is -0.122. The van der Waals surface area contributed by atoms with Crippen LogP contribution >= 0.6 is 27.5 Å². The fourth-order valence-electron chi connectivity index (χ4n) is 1.81. The molecule has 2 aromatic rings. The van der Waals surface area contributed by atoms with Crippen LogP contribution in [0.1, 0.15) is 13.3 Å². The van der Waals surface area contributed by atoms with Crippen molar-refractivity contribution in [2.24, 2.45) is 0 Å². The molecule has 0 saturated heterocycles. The third kappa shape index (κ3) is 4.21.